The maximum Gasteiger partial charge on any atom is 0.255 e. The molecule has 1 fully saturated rings. The molecule has 0 spiro atoms. The number of carbonyl (C=O) groups is 1. The summed E-state index contributed by atoms with van der Waals surface area (Å²) in [4.78, 5) is 16.3. The molecule has 3 aliphatic rings. The van der Waals surface area contributed by atoms with E-state index in [1.54, 1.807) is 9.47 Å². The molecule has 0 aliphatic carbocycles. The van der Waals surface area contributed by atoms with E-state index < -0.39 is 41.9 Å². The van der Waals surface area contributed by atoms with Gasteiger partial charge in [0.15, 0.2) is 5.72 Å². The summed E-state index contributed by atoms with van der Waals surface area (Å²) >= 11 is 0. The monoisotopic (exact) mass is 583 g/mol. The second kappa shape index (κ2) is 8.00. The van der Waals surface area contributed by atoms with Crippen LogP contribution in [-0.4, -0.2) is 51.4 Å². The Morgan fingerprint density at radius 2 is 1.79 bits per heavy atom. The molecule has 1 amide bonds. The Morgan fingerprint density at radius 1 is 1.07 bits per heavy atom. The van der Waals surface area contributed by atoms with Gasteiger partial charge in [0.05, 0.1) is 42.5 Å². The highest BCUT2D eigenvalue weighted by Crippen LogP contribution is 2.62. The number of aromatic nitrogens is 2. The van der Waals surface area contributed by atoms with Crippen molar-refractivity contribution >= 4 is 49.5 Å². The van der Waals surface area contributed by atoms with Crippen LogP contribution in [0.3, 0.4) is 0 Å². The van der Waals surface area contributed by atoms with E-state index in [0.29, 0.717) is 27.6 Å². The lowest BCUT2D eigenvalue weighted by Gasteiger charge is -2.45. The summed E-state index contributed by atoms with van der Waals surface area (Å²) in [6, 6.07) is 7.81. The first kappa shape index (κ1) is 23.1. The normalized spacial score (nSPS) is 28.8. The van der Waals surface area contributed by atoms with Crippen molar-refractivity contribution in [2.75, 3.05) is 20.7 Å². The first-order chi connectivity index (χ1) is 21.8. The second-order valence-electron chi connectivity index (χ2n) is 13.6. The molecule has 0 saturated carbocycles. The van der Waals surface area contributed by atoms with Gasteiger partial charge in [-0.2, -0.15) is 0 Å². The van der Waals surface area contributed by atoms with Crippen molar-refractivity contribution < 1.29 is 24.9 Å². The number of hydrogen-bond acceptors (Lipinski definition) is 4. The van der Waals surface area contributed by atoms with Crippen LogP contribution in [0, 0.1) is 33.6 Å². The van der Waals surface area contributed by atoms with E-state index in [-0.39, 0.29) is 5.91 Å². The van der Waals surface area contributed by atoms with Gasteiger partial charge in [-0.15, -0.1) is 0 Å². The largest absolute Gasteiger partial charge is 0.382 e. The Hall–Kier alpha value is -3.39. The molecule has 5 heterocycles. The number of amides is 1. The molecule has 224 valence electrons. The van der Waals surface area contributed by atoms with Gasteiger partial charge in [0.25, 0.3) is 5.91 Å². The zero-order valence-corrected chi connectivity index (χ0v) is 26.5. The van der Waals surface area contributed by atoms with Crippen LogP contribution in [0.15, 0.2) is 24.3 Å². The van der Waals surface area contributed by atoms with Crippen molar-refractivity contribution in [2.45, 2.75) is 84.9 Å². The number of hydrogen-bond donors (Lipinski definition) is 1. The number of nitrogens with zero attached hydrogens (tertiary/aromatic N) is 3. The maximum absolute atomic E-state index is 14.5. The smallest absolute Gasteiger partial charge is 0.255 e. The predicted octanol–water partition coefficient (Wildman–Crippen LogP) is 7.08. The van der Waals surface area contributed by atoms with Gasteiger partial charge in [-0.25, -0.2) is 0 Å². The van der Waals surface area contributed by atoms with Crippen LogP contribution in [0.1, 0.15) is 84.0 Å². The minimum absolute atomic E-state index is 0.110. The number of rotatable bonds is 3. The molecule has 3 aromatic carbocycles. The van der Waals surface area contributed by atoms with E-state index >= 15 is 0 Å². The molecular formula is C36H41N3O4. The van der Waals surface area contributed by atoms with Crippen molar-refractivity contribution in [1.29, 1.82) is 0 Å². The minimum Gasteiger partial charge on any atom is -0.382 e. The number of aliphatic hydroxyl groups is 1. The van der Waals surface area contributed by atoms with Gasteiger partial charge >= 0.3 is 0 Å². The average Bonchev–Trinajstić information content (AvgIpc) is 3.58. The van der Waals surface area contributed by atoms with E-state index in [1.807, 2.05) is 77.4 Å². The number of ether oxygens (including phenoxy) is 2. The Labute approximate surface area is 257 Å². The summed E-state index contributed by atoms with van der Waals surface area (Å²) in [6.45, 7) is 13.0. The standard InChI is InChI=1S/C36H41N3O4/c1-17(2)36-35(41,16-42-10)15-24(43-36)38-22-13-11-12-18(3)25(22)27-29-30(34(7,8)37(9)33(29)40)28-26-21(6)20(5)19(4)14-23(26)39(36)32(28)31(27)38/h11-14,17,24,41H,15-16H2,1-10H3/t24-,35-,36-/m0/s1/i15D2,16D2. The topological polar surface area (TPSA) is 68.9 Å². The van der Waals surface area contributed by atoms with Crippen LogP contribution in [0.2, 0.25) is 0 Å². The molecule has 0 radical (unpaired) electrons. The van der Waals surface area contributed by atoms with Gasteiger partial charge in [0.2, 0.25) is 0 Å². The zero-order chi connectivity index (χ0) is 34.3. The van der Waals surface area contributed by atoms with Gasteiger partial charge in [0, 0.05) is 56.3 Å². The average molecular weight is 584 g/mol. The zero-order valence-electron chi connectivity index (χ0n) is 30.5. The molecular weight excluding hydrogens is 538 g/mol. The van der Waals surface area contributed by atoms with Crippen molar-refractivity contribution in [3.05, 3.63) is 57.6 Å². The quantitative estimate of drug-likeness (QED) is 0.247. The van der Waals surface area contributed by atoms with Crippen LogP contribution >= 0.6 is 0 Å². The molecule has 0 unspecified atom stereocenters. The van der Waals surface area contributed by atoms with Gasteiger partial charge in [-0.05, 0) is 75.9 Å². The summed E-state index contributed by atoms with van der Waals surface area (Å²) in [5.74, 6) is -0.766. The number of benzene rings is 3. The van der Waals surface area contributed by atoms with Crippen LogP contribution in [0.4, 0.5) is 0 Å². The van der Waals surface area contributed by atoms with Gasteiger partial charge in [-0.1, -0.05) is 26.0 Å². The molecule has 7 heteroatoms. The van der Waals surface area contributed by atoms with Crippen LogP contribution in [0.25, 0.3) is 43.6 Å². The van der Waals surface area contributed by atoms with Gasteiger partial charge in [-0.3, -0.25) is 4.79 Å². The fraction of sp³-hybridized carbons (Fsp3) is 0.472. The van der Waals surface area contributed by atoms with E-state index in [1.165, 1.54) is 0 Å². The SMILES string of the molecule is [2H]C([2H])(OC)[C@@]1(O)C([2H])([2H])[C@@H]2O[C@]1(C(C)C)n1c3cc(C)c(C)c(C)c3c3c4c(c5c6c(C)cccc6n2c5c31)C(=O)N(C)C4(C)C. The van der Waals surface area contributed by atoms with Crippen LogP contribution < -0.4 is 0 Å². The first-order valence-electron chi connectivity index (χ1n) is 17.1. The summed E-state index contributed by atoms with van der Waals surface area (Å²) in [5.41, 5.74) is 2.51. The van der Waals surface area contributed by atoms with Gasteiger partial charge in [0.1, 0.15) is 11.8 Å². The van der Waals surface area contributed by atoms with Crippen molar-refractivity contribution in [3.63, 3.8) is 0 Å². The van der Waals surface area contributed by atoms with Crippen LogP contribution in [0.5, 0.6) is 0 Å². The number of carbonyl (C=O) groups excluding carboxylic acids is 1. The molecule has 1 saturated heterocycles. The van der Waals surface area contributed by atoms with Crippen LogP contribution in [-0.2, 0) is 20.7 Å². The van der Waals surface area contributed by atoms with Crippen molar-refractivity contribution in [1.82, 2.24) is 14.0 Å². The third kappa shape index (κ3) is 2.73. The highest BCUT2D eigenvalue weighted by atomic mass is 16.6. The van der Waals surface area contributed by atoms with E-state index in [4.69, 9.17) is 12.2 Å². The summed E-state index contributed by atoms with van der Waals surface area (Å²) < 4.78 is 53.9. The molecule has 43 heavy (non-hydrogen) atoms. The van der Waals surface area contributed by atoms with Crippen molar-refractivity contribution in [3.8, 4) is 0 Å². The lowest BCUT2D eigenvalue weighted by Crippen LogP contribution is -2.58. The molecule has 1 N–H and O–H groups in total. The molecule has 8 rings (SSSR count). The third-order valence-electron chi connectivity index (χ3n) is 11.0. The predicted molar refractivity (Wildman–Crippen MR) is 171 cm³/mol. The highest BCUT2D eigenvalue weighted by Gasteiger charge is 2.65. The Morgan fingerprint density at radius 3 is 2.47 bits per heavy atom. The molecule has 2 bridgehead atoms. The third-order valence-corrected chi connectivity index (χ3v) is 11.0. The lowest BCUT2D eigenvalue weighted by molar-refractivity contribution is -0.228. The molecule has 7 nitrogen and oxygen atoms in total. The van der Waals surface area contributed by atoms with Crippen molar-refractivity contribution in [2.24, 2.45) is 5.92 Å². The summed E-state index contributed by atoms with van der Waals surface area (Å²) in [5, 5.41) is 16.4. The maximum atomic E-state index is 14.5. The Bertz CT molecular complexity index is 2300. The Balaban J connectivity index is 1.84. The van der Waals surface area contributed by atoms with E-state index in [0.717, 1.165) is 56.5 Å². The van der Waals surface area contributed by atoms with E-state index in [9.17, 15) is 12.6 Å². The fourth-order valence-electron chi connectivity index (χ4n) is 8.60. The highest BCUT2D eigenvalue weighted by molar-refractivity contribution is 6.32. The minimum atomic E-state index is -2.89. The molecule has 3 aliphatic heterocycles. The van der Waals surface area contributed by atoms with Gasteiger partial charge < -0.3 is 28.6 Å². The fourth-order valence-corrected chi connectivity index (χ4v) is 8.60. The number of methoxy groups -OCH3 is 1. The van der Waals surface area contributed by atoms with E-state index in [2.05, 4.69) is 13.8 Å². The first-order valence-corrected chi connectivity index (χ1v) is 15.1. The number of aryl methyl sites for hydroxylation is 3. The molecule has 5 aromatic rings. The molecule has 2 aromatic heterocycles. The Kier molecular flexibility index (Phi) is 4.29. The second-order valence-corrected chi connectivity index (χ2v) is 13.6. The number of fused-ring (bicyclic) bond motifs is 13. The summed E-state index contributed by atoms with van der Waals surface area (Å²) in [7, 11) is 2.98. The molecule has 3 atom stereocenters. The lowest BCUT2D eigenvalue weighted by atomic mass is 9.80. The summed E-state index contributed by atoms with van der Waals surface area (Å²) in [6.07, 6.45) is -4.21.